The van der Waals surface area contributed by atoms with Crippen LogP contribution in [0.15, 0.2) is 21.1 Å². The van der Waals surface area contributed by atoms with Crippen molar-refractivity contribution in [1.29, 1.82) is 0 Å². The number of hydrogen-bond donors (Lipinski definition) is 0. The van der Waals surface area contributed by atoms with Crippen molar-refractivity contribution in [1.82, 2.24) is 0 Å². The van der Waals surface area contributed by atoms with Gasteiger partial charge in [0.25, 0.3) is 0 Å². The van der Waals surface area contributed by atoms with Crippen LogP contribution >= 0.6 is 31.9 Å². The predicted molar refractivity (Wildman–Crippen MR) is 63.1 cm³/mol. The lowest BCUT2D eigenvalue weighted by atomic mass is 10.1. The fourth-order valence-electron chi connectivity index (χ4n) is 1.16. The lowest BCUT2D eigenvalue weighted by molar-refractivity contribution is -0.0499. The van der Waals surface area contributed by atoms with E-state index in [2.05, 4.69) is 36.6 Å². The van der Waals surface area contributed by atoms with Crippen molar-refractivity contribution in [3.8, 4) is 5.75 Å². The summed E-state index contributed by atoms with van der Waals surface area (Å²) in [6, 6.07) is 2.69. The average Bonchev–Trinajstić information content (AvgIpc) is 2.15. The molecule has 2 nitrogen and oxygen atoms in total. The molecule has 0 fully saturated rings. The van der Waals surface area contributed by atoms with Gasteiger partial charge in [-0.3, -0.25) is 4.79 Å². The van der Waals surface area contributed by atoms with E-state index in [1.165, 1.54) is 12.1 Å². The highest BCUT2D eigenvalue weighted by molar-refractivity contribution is 9.11. The number of Topliss-reactive ketones (excluding diaryl/α,β-unsaturated/α-hetero) is 1. The smallest absolute Gasteiger partial charge is 0.387 e. The molecule has 0 amide bonds. The molecule has 0 radical (unpaired) electrons. The van der Waals surface area contributed by atoms with Crippen LogP contribution in [0.2, 0.25) is 0 Å². The Labute approximate surface area is 108 Å². The number of alkyl halides is 2. The third-order valence-electron chi connectivity index (χ3n) is 1.84. The van der Waals surface area contributed by atoms with Crippen LogP contribution in [0.1, 0.15) is 23.7 Å². The summed E-state index contributed by atoms with van der Waals surface area (Å²) in [4.78, 5) is 11.5. The third kappa shape index (κ3) is 3.25. The number of hydrogen-bond acceptors (Lipinski definition) is 2. The fraction of sp³-hybridized carbons (Fsp3) is 0.300. The molecule has 1 aromatic rings. The number of ether oxygens (including phenoxy) is 1. The molecule has 0 unspecified atom stereocenters. The van der Waals surface area contributed by atoms with Gasteiger partial charge in [0.2, 0.25) is 0 Å². The molecule has 6 heteroatoms. The summed E-state index contributed by atoms with van der Waals surface area (Å²) in [5.74, 6) is -0.0799. The minimum absolute atomic E-state index is 0.00130. The molecule has 0 aliphatic carbocycles. The van der Waals surface area contributed by atoms with E-state index in [1.807, 2.05) is 0 Å². The fourth-order valence-corrected chi connectivity index (χ4v) is 2.75. The quantitative estimate of drug-likeness (QED) is 0.746. The van der Waals surface area contributed by atoms with Crippen LogP contribution < -0.4 is 4.74 Å². The maximum Gasteiger partial charge on any atom is 0.387 e. The number of carbonyl (C=O) groups excluding carboxylic acids is 1. The molecule has 16 heavy (non-hydrogen) atoms. The Bertz CT molecular complexity index is 385. The first kappa shape index (κ1) is 13.6. The van der Waals surface area contributed by atoms with E-state index in [1.54, 1.807) is 6.92 Å². The van der Waals surface area contributed by atoms with Crippen molar-refractivity contribution in [3.63, 3.8) is 0 Å². The zero-order valence-electron chi connectivity index (χ0n) is 8.27. The van der Waals surface area contributed by atoms with E-state index in [0.717, 1.165) is 0 Å². The predicted octanol–water partition coefficient (Wildman–Crippen LogP) is 4.41. The Balaban J connectivity index is 3.12. The number of carbonyl (C=O) groups is 1. The van der Waals surface area contributed by atoms with Gasteiger partial charge in [0, 0.05) is 20.9 Å². The van der Waals surface area contributed by atoms with Crippen LogP contribution in [-0.2, 0) is 0 Å². The Hall–Kier alpha value is -0.490. The second-order valence-electron chi connectivity index (χ2n) is 2.92. The van der Waals surface area contributed by atoms with Crippen LogP contribution in [0.4, 0.5) is 8.78 Å². The summed E-state index contributed by atoms with van der Waals surface area (Å²) >= 11 is 6.31. The number of ketones is 1. The highest BCUT2D eigenvalue weighted by Gasteiger charge is 2.15. The highest BCUT2D eigenvalue weighted by Crippen LogP contribution is 2.32. The molecule has 0 saturated heterocycles. The lowest BCUT2D eigenvalue weighted by Gasteiger charge is -2.09. The topological polar surface area (TPSA) is 26.3 Å². The molecule has 0 aliphatic heterocycles. The second-order valence-corrected chi connectivity index (χ2v) is 4.63. The average molecular weight is 358 g/mol. The van der Waals surface area contributed by atoms with Crippen molar-refractivity contribution < 1.29 is 18.3 Å². The van der Waals surface area contributed by atoms with Gasteiger partial charge in [0.05, 0.1) is 0 Å². The van der Waals surface area contributed by atoms with E-state index in [0.29, 0.717) is 20.9 Å². The summed E-state index contributed by atoms with van der Waals surface area (Å²) in [5.41, 5.74) is 0.434. The van der Waals surface area contributed by atoms with Gasteiger partial charge in [-0.1, -0.05) is 6.92 Å². The molecule has 1 aromatic carbocycles. The summed E-state index contributed by atoms with van der Waals surface area (Å²) in [7, 11) is 0. The molecule has 0 atom stereocenters. The first-order valence-corrected chi connectivity index (χ1v) is 6.01. The van der Waals surface area contributed by atoms with E-state index in [4.69, 9.17) is 0 Å². The Kier molecular flexibility index (Phi) is 4.86. The SMILES string of the molecule is CCC(=O)c1c(Br)cc(OC(F)F)cc1Br. The molecule has 0 aromatic heterocycles. The maximum absolute atomic E-state index is 12.0. The molecule has 88 valence electrons. The van der Waals surface area contributed by atoms with Gasteiger partial charge in [-0.25, -0.2) is 0 Å². The van der Waals surface area contributed by atoms with Crippen molar-refractivity contribution in [2.75, 3.05) is 0 Å². The van der Waals surface area contributed by atoms with Crippen molar-refractivity contribution in [2.45, 2.75) is 20.0 Å². The van der Waals surface area contributed by atoms with E-state index in [-0.39, 0.29) is 11.5 Å². The van der Waals surface area contributed by atoms with Gasteiger partial charge in [-0.2, -0.15) is 8.78 Å². The van der Waals surface area contributed by atoms with Gasteiger partial charge in [0.1, 0.15) is 5.75 Å². The summed E-state index contributed by atoms with van der Waals surface area (Å²) < 4.78 is 29.1. The molecule has 0 spiro atoms. The Morgan fingerprint density at radius 3 is 2.25 bits per heavy atom. The second kappa shape index (κ2) is 5.72. The van der Waals surface area contributed by atoms with Crippen LogP contribution in [-0.4, -0.2) is 12.4 Å². The van der Waals surface area contributed by atoms with Crippen molar-refractivity contribution in [2.24, 2.45) is 0 Å². The van der Waals surface area contributed by atoms with E-state index < -0.39 is 6.61 Å². The van der Waals surface area contributed by atoms with Gasteiger partial charge < -0.3 is 4.74 Å². The standard InChI is InChI=1S/C10H8Br2F2O2/c1-2-8(15)9-6(11)3-5(4-7(9)12)16-10(13)14/h3-4,10H,2H2,1H3. The Morgan fingerprint density at radius 2 is 1.88 bits per heavy atom. The zero-order chi connectivity index (χ0) is 12.3. The summed E-state index contributed by atoms with van der Waals surface area (Å²) in [5, 5.41) is 0. The molecule has 0 heterocycles. The summed E-state index contributed by atoms with van der Waals surface area (Å²) in [6.45, 7) is -1.16. The molecule has 0 saturated carbocycles. The van der Waals surface area contributed by atoms with Gasteiger partial charge in [-0.15, -0.1) is 0 Å². The lowest BCUT2D eigenvalue weighted by Crippen LogP contribution is -2.04. The zero-order valence-corrected chi connectivity index (χ0v) is 11.4. The first-order valence-electron chi connectivity index (χ1n) is 4.42. The van der Waals surface area contributed by atoms with Crippen LogP contribution in [0.25, 0.3) is 0 Å². The van der Waals surface area contributed by atoms with Gasteiger partial charge in [-0.05, 0) is 44.0 Å². The highest BCUT2D eigenvalue weighted by atomic mass is 79.9. The summed E-state index contributed by atoms with van der Waals surface area (Å²) in [6.07, 6.45) is 0.340. The maximum atomic E-state index is 12.0. The molecular weight excluding hydrogens is 350 g/mol. The minimum Gasteiger partial charge on any atom is -0.435 e. The Morgan fingerprint density at radius 1 is 1.38 bits per heavy atom. The van der Waals surface area contributed by atoms with E-state index in [9.17, 15) is 13.6 Å². The van der Waals surface area contributed by atoms with Gasteiger partial charge in [0.15, 0.2) is 5.78 Å². The monoisotopic (exact) mass is 356 g/mol. The third-order valence-corrected chi connectivity index (χ3v) is 3.09. The van der Waals surface area contributed by atoms with Crippen LogP contribution in [0, 0.1) is 0 Å². The van der Waals surface area contributed by atoms with Crippen LogP contribution in [0.3, 0.4) is 0 Å². The number of rotatable bonds is 4. The first-order chi connectivity index (χ1) is 7.45. The van der Waals surface area contributed by atoms with Crippen molar-refractivity contribution in [3.05, 3.63) is 26.6 Å². The normalized spacial score (nSPS) is 10.6. The van der Waals surface area contributed by atoms with Crippen LogP contribution in [0.5, 0.6) is 5.75 Å². The molecule has 0 bridgehead atoms. The molecular formula is C10H8Br2F2O2. The molecule has 0 aliphatic rings. The van der Waals surface area contributed by atoms with Gasteiger partial charge >= 0.3 is 6.61 Å². The number of halogens is 4. The molecule has 1 rings (SSSR count). The largest absolute Gasteiger partial charge is 0.435 e. The van der Waals surface area contributed by atoms with Crippen molar-refractivity contribution >= 4 is 37.6 Å². The van der Waals surface area contributed by atoms with E-state index >= 15 is 0 Å². The minimum atomic E-state index is -2.88. The molecule has 0 N–H and O–H groups in total. The number of benzene rings is 1.